The van der Waals surface area contributed by atoms with Gasteiger partial charge in [0.05, 0.1) is 5.70 Å². The lowest BCUT2D eigenvalue weighted by Crippen LogP contribution is -2.01. The highest BCUT2D eigenvalue weighted by Crippen LogP contribution is 2.38. The number of aryl methyl sites for hydroxylation is 4. The summed E-state index contributed by atoms with van der Waals surface area (Å²) in [6.45, 7) is 12.3. The van der Waals surface area contributed by atoms with Crippen molar-refractivity contribution in [3.63, 3.8) is 0 Å². The van der Waals surface area contributed by atoms with E-state index < -0.39 is 0 Å². The Balaban J connectivity index is 1.14. The van der Waals surface area contributed by atoms with Gasteiger partial charge in [-0.1, -0.05) is 140 Å². The van der Waals surface area contributed by atoms with Crippen LogP contribution in [0.25, 0.3) is 61.9 Å². The van der Waals surface area contributed by atoms with Crippen molar-refractivity contribution in [1.82, 2.24) is 20.4 Å². The summed E-state index contributed by atoms with van der Waals surface area (Å²) in [5, 5.41) is 30.4. The van der Waals surface area contributed by atoms with Crippen LogP contribution in [0.4, 0.5) is 0 Å². The Labute approximate surface area is 309 Å². The summed E-state index contributed by atoms with van der Waals surface area (Å²) in [7, 11) is 0. The third-order valence-electron chi connectivity index (χ3n) is 9.39. The Morgan fingerprint density at radius 3 is 1.42 bits per heavy atom. The average Bonchev–Trinajstić information content (AvgIpc) is 3.19. The van der Waals surface area contributed by atoms with Gasteiger partial charge in [0.25, 0.3) is 0 Å². The molecule has 6 aromatic carbocycles. The normalized spacial score (nSPS) is 11.6. The lowest BCUT2D eigenvalue weighted by Gasteiger charge is -2.15. The van der Waals surface area contributed by atoms with Gasteiger partial charge < -0.3 is 5.84 Å². The third-order valence-corrected chi connectivity index (χ3v) is 9.39. The van der Waals surface area contributed by atoms with Crippen LogP contribution in [0.15, 0.2) is 155 Å². The van der Waals surface area contributed by atoms with Crippen molar-refractivity contribution in [2.75, 3.05) is 0 Å². The van der Waals surface area contributed by atoms with Gasteiger partial charge in [-0.15, -0.1) is 30.6 Å². The van der Waals surface area contributed by atoms with E-state index in [9.17, 15) is 0 Å². The van der Waals surface area contributed by atoms with Crippen LogP contribution in [0.5, 0.6) is 0 Å². The van der Waals surface area contributed by atoms with Crippen LogP contribution in [0.1, 0.15) is 33.4 Å². The van der Waals surface area contributed by atoms with Crippen LogP contribution in [0, 0.1) is 27.7 Å². The largest absolute Gasteiger partial charge is 0.321 e. The quantitative estimate of drug-likeness (QED) is 0.0560. The van der Waals surface area contributed by atoms with Gasteiger partial charge in [-0.3, -0.25) is 0 Å². The molecule has 0 atom stereocenters. The monoisotopic (exact) mass is 690 g/mol. The van der Waals surface area contributed by atoms with Gasteiger partial charge >= 0.3 is 0 Å². The molecule has 0 aliphatic rings. The number of rotatable bonds is 8. The smallest absolute Gasteiger partial charge is 0.204 e. The Bertz CT molecular complexity index is 2460. The van der Waals surface area contributed by atoms with E-state index >= 15 is 0 Å². The molecule has 0 spiro atoms. The van der Waals surface area contributed by atoms with Gasteiger partial charge in [-0.05, 0) is 83.3 Å². The first kappa shape index (κ1) is 34.5. The second-order valence-electron chi connectivity index (χ2n) is 12.9. The van der Waals surface area contributed by atoms with Crippen LogP contribution >= 0.6 is 0 Å². The molecule has 0 radical (unpaired) electrons. The fourth-order valence-corrected chi connectivity index (χ4v) is 6.73. The molecule has 0 amide bonds. The molecular weight excluding hydrogens is 653 g/mol. The molecule has 7 aromatic rings. The standard InChI is InChI=1S/C45H38N8/c1-28-12-10-13-29(2)41(28)32(5)48-49-43(47-46)35-24-20-33(21-25-35)37-16-6-8-18-39(37)40-19-9-7-17-38(40)34-22-26-36(27-23-34)44-50-52-45(53-51-44)42-30(3)14-11-15-31(42)4/h6-27H,5,46H2,1-4H3/b47-43-,49-48?. The summed E-state index contributed by atoms with van der Waals surface area (Å²) in [5.41, 5.74) is 15.0. The van der Waals surface area contributed by atoms with E-state index in [0.29, 0.717) is 23.2 Å². The van der Waals surface area contributed by atoms with Gasteiger partial charge in [0.1, 0.15) is 0 Å². The fourth-order valence-electron chi connectivity index (χ4n) is 6.73. The molecule has 0 saturated carbocycles. The van der Waals surface area contributed by atoms with Crippen molar-refractivity contribution in [3.05, 3.63) is 173 Å². The van der Waals surface area contributed by atoms with Crippen molar-refractivity contribution in [3.8, 4) is 56.2 Å². The van der Waals surface area contributed by atoms with Crippen LogP contribution < -0.4 is 5.84 Å². The lowest BCUT2D eigenvalue weighted by atomic mass is 9.89. The van der Waals surface area contributed by atoms with E-state index in [4.69, 9.17) is 5.84 Å². The zero-order chi connectivity index (χ0) is 36.9. The molecule has 2 N–H and O–H groups in total. The summed E-state index contributed by atoms with van der Waals surface area (Å²) in [4.78, 5) is 0. The molecule has 0 aliphatic heterocycles. The summed E-state index contributed by atoms with van der Waals surface area (Å²) < 4.78 is 0. The molecular formula is C45H38N8. The molecule has 1 aromatic heterocycles. The minimum Gasteiger partial charge on any atom is -0.321 e. The highest BCUT2D eigenvalue weighted by molar-refractivity contribution is 6.00. The Morgan fingerprint density at radius 2 is 0.906 bits per heavy atom. The molecule has 0 fully saturated rings. The van der Waals surface area contributed by atoms with E-state index in [0.717, 1.165) is 77.9 Å². The average molecular weight is 691 g/mol. The predicted molar refractivity (Wildman–Crippen MR) is 215 cm³/mol. The second-order valence-corrected chi connectivity index (χ2v) is 12.9. The zero-order valence-corrected chi connectivity index (χ0v) is 30.1. The molecule has 0 saturated heterocycles. The number of hydrogen-bond donors (Lipinski definition) is 1. The predicted octanol–water partition coefficient (Wildman–Crippen LogP) is 10.6. The zero-order valence-electron chi connectivity index (χ0n) is 30.1. The molecule has 8 nitrogen and oxygen atoms in total. The Kier molecular flexibility index (Phi) is 9.85. The van der Waals surface area contributed by atoms with Gasteiger partial charge in [0.15, 0.2) is 5.84 Å². The van der Waals surface area contributed by atoms with E-state index in [1.807, 2.05) is 88.4 Å². The first-order valence-electron chi connectivity index (χ1n) is 17.3. The van der Waals surface area contributed by atoms with E-state index in [-0.39, 0.29) is 0 Å². The molecule has 0 unspecified atom stereocenters. The van der Waals surface area contributed by atoms with Crippen molar-refractivity contribution in [1.29, 1.82) is 0 Å². The summed E-state index contributed by atoms with van der Waals surface area (Å²) in [6, 6.07) is 45.3. The molecule has 53 heavy (non-hydrogen) atoms. The molecule has 7 rings (SSSR count). The molecule has 0 bridgehead atoms. The summed E-state index contributed by atoms with van der Waals surface area (Å²) in [6.07, 6.45) is 0. The first-order valence-corrected chi connectivity index (χ1v) is 17.3. The minimum atomic E-state index is 0.320. The lowest BCUT2D eigenvalue weighted by molar-refractivity contribution is 0.874. The number of hydrazone groups is 1. The van der Waals surface area contributed by atoms with Gasteiger partial charge in [-0.25, -0.2) is 0 Å². The Hall–Kier alpha value is -6.93. The van der Waals surface area contributed by atoms with Crippen LogP contribution in [0.3, 0.4) is 0 Å². The number of azo groups is 1. The number of benzene rings is 6. The van der Waals surface area contributed by atoms with Gasteiger partial charge in [-0.2, -0.15) is 5.10 Å². The Morgan fingerprint density at radius 1 is 0.472 bits per heavy atom. The number of aromatic nitrogens is 4. The highest BCUT2D eigenvalue weighted by Gasteiger charge is 2.15. The van der Waals surface area contributed by atoms with Crippen molar-refractivity contribution in [2.45, 2.75) is 27.7 Å². The highest BCUT2D eigenvalue weighted by atomic mass is 15.3. The first-order chi connectivity index (χ1) is 25.8. The number of amidine groups is 1. The minimum absolute atomic E-state index is 0.320. The number of nitrogens with two attached hydrogens (primary N) is 1. The van der Waals surface area contributed by atoms with Gasteiger partial charge in [0, 0.05) is 22.3 Å². The molecule has 258 valence electrons. The van der Waals surface area contributed by atoms with Gasteiger partial charge in [0.2, 0.25) is 11.6 Å². The van der Waals surface area contributed by atoms with Crippen molar-refractivity contribution < 1.29 is 0 Å². The third kappa shape index (κ3) is 7.16. The topological polar surface area (TPSA) is 115 Å². The molecule has 8 heteroatoms. The maximum atomic E-state index is 5.78. The van der Waals surface area contributed by atoms with E-state index in [1.165, 1.54) is 0 Å². The maximum absolute atomic E-state index is 5.78. The van der Waals surface area contributed by atoms with Crippen molar-refractivity contribution >= 4 is 11.5 Å². The SMILES string of the molecule is C=C(N=N/C(=N\N)c1ccc(-c2ccccc2-c2ccccc2-c2ccc(-c3nnc(-c4c(C)cccc4C)nn3)cc2)cc1)c1c(C)cccc1C. The maximum Gasteiger partial charge on any atom is 0.204 e. The van der Waals surface area contributed by atoms with Crippen LogP contribution in [-0.2, 0) is 0 Å². The molecule has 0 aliphatic carbocycles. The number of nitrogens with zero attached hydrogens (tertiary/aromatic N) is 7. The van der Waals surface area contributed by atoms with E-state index in [1.54, 1.807) is 0 Å². The summed E-state index contributed by atoms with van der Waals surface area (Å²) in [5.74, 6) is 7.10. The van der Waals surface area contributed by atoms with Crippen LogP contribution in [-0.4, -0.2) is 26.2 Å². The van der Waals surface area contributed by atoms with Crippen molar-refractivity contribution in [2.24, 2.45) is 21.2 Å². The second kappa shape index (κ2) is 15.1. The molecule has 1 heterocycles. The fraction of sp³-hybridized carbons (Fsp3) is 0.0889. The van der Waals surface area contributed by atoms with Crippen LogP contribution in [0.2, 0.25) is 0 Å². The summed E-state index contributed by atoms with van der Waals surface area (Å²) >= 11 is 0. The number of hydrogen-bond acceptors (Lipinski definition) is 7. The van der Waals surface area contributed by atoms with E-state index in [2.05, 4.69) is 115 Å².